The lowest BCUT2D eigenvalue weighted by molar-refractivity contribution is -0.121. The fraction of sp³-hybridized carbons (Fsp3) is 0.500. The van der Waals surface area contributed by atoms with Crippen molar-refractivity contribution in [2.45, 2.75) is 25.7 Å². The molecule has 1 unspecified atom stereocenters. The van der Waals surface area contributed by atoms with Gasteiger partial charge in [0.05, 0.1) is 11.0 Å². The minimum Gasteiger partial charge on any atom is -0.356 e. The Morgan fingerprint density at radius 3 is 3.10 bits per heavy atom. The zero-order valence-corrected chi connectivity index (χ0v) is 12.2. The molecular formula is C16H22N4O. The zero-order chi connectivity index (χ0) is 14.5. The van der Waals surface area contributed by atoms with E-state index < -0.39 is 0 Å². The van der Waals surface area contributed by atoms with Crippen LogP contribution in [0.25, 0.3) is 11.0 Å². The monoisotopic (exact) mass is 286 g/mol. The third-order valence-electron chi connectivity index (χ3n) is 4.06. The highest BCUT2D eigenvalue weighted by Crippen LogP contribution is 2.14. The summed E-state index contributed by atoms with van der Waals surface area (Å²) in [6.07, 6.45) is 3.56. The summed E-state index contributed by atoms with van der Waals surface area (Å²) in [4.78, 5) is 19.6. The predicted octanol–water partition coefficient (Wildman–Crippen LogP) is 1.61. The maximum absolute atomic E-state index is 11.8. The van der Waals surface area contributed by atoms with Crippen molar-refractivity contribution in [3.8, 4) is 0 Å². The number of amides is 1. The normalized spacial score (nSPS) is 18.2. The molecule has 0 spiro atoms. The Balaban J connectivity index is 1.39. The molecule has 21 heavy (non-hydrogen) atoms. The van der Waals surface area contributed by atoms with Crippen LogP contribution in [-0.4, -0.2) is 35.5 Å². The van der Waals surface area contributed by atoms with Gasteiger partial charge in [-0.1, -0.05) is 12.1 Å². The van der Waals surface area contributed by atoms with Gasteiger partial charge in [0.25, 0.3) is 0 Å². The molecule has 0 bridgehead atoms. The average Bonchev–Trinajstić information content (AvgIpc) is 3.14. The number of aromatic amines is 1. The fourth-order valence-corrected chi connectivity index (χ4v) is 2.83. The van der Waals surface area contributed by atoms with Gasteiger partial charge in [-0.2, -0.15) is 0 Å². The zero-order valence-electron chi connectivity index (χ0n) is 12.2. The molecular weight excluding hydrogens is 264 g/mol. The van der Waals surface area contributed by atoms with E-state index in [1.54, 1.807) is 0 Å². The standard InChI is InChI=1S/C16H22N4O/c21-16(6-5-12-7-9-17-11-12)18-10-8-15-19-13-3-1-2-4-14(13)20-15/h1-4,12,17H,5-11H2,(H,18,21)(H,19,20). The Labute approximate surface area is 124 Å². The van der Waals surface area contributed by atoms with Crippen molar-refractivity contribution in [1.29, 1.82) is 0 Å². The van der Waals surface area contributed by atoms with Crippen LogP contribution in [0.5, 0.6) is 0 Å². The van der Waals surface area contributed by atoms with Gasteiger partial charge in [-0.3, -0.25) is 4.79 Å². The number of H-pyrrole nitrogens is 1. The Bertz CT molecular complexity index is 568. The molecule has 1 aromatic carbocycles. The van der Waals surface area contributed by atoms with Crippen LogP contribution in [-0.2, 0) is 11.2 Å². The second-order valence-corrected chi connectivity index (χ2v) is 5.70. The summed E-state index contributed by atoms with van der Waals surface area (Å²) in [5.74, 6) is 1.75. The van der Waals surface area contributed by atoms with E-state index in [9.17, 15) is 4.79 Å². The van der Waals surface area contributed by atoms with Crippen LogP contribution in [0.1, 0.15) is 25.1 Å². The highest BCUT2D eigenvalue weighted by atomic mass is 16.1. The van der Waals surface area contributed by atoms with E-state index in [1.807, 2.05) is 24.3 Å². The lowest BCUT2D eigenvalue weighted by Gasteiger charge is -2.08. The molecule has 1 fully saturated rings. The second-order valence-electron chi connectivity index (χ2n) is 5.70. The average molecular weight is 286 g/mol. The van der Waals surface area contributed by atoms with E-state index in [1.165, 1.54) is 6.42 Å². The summed E-state index contributed by atoms with van der Waals surface area (Å²) >= 11 is 0. The van der Waals surface area contributed by atoms with E-state index >= 15 is 0 Å². The lowest BCUT2D eigenvalue weighted by atomic mass is 10.0. The molecule has 1 aliphatic rings. The number of benzene rings is 1. The number of hydrogen-bond donors (Lipinski definition) is 3. The van der Waals surface area contributed by atoms with Gasteiger partial charge in [-0.25, -0.2) is 4.98 Å². The summed E-state index contributed by atoms with van der Waals surface area (Å²) < 4.78 is 0. The first kappa shape index (κ1) is 14.1. The summed E-state index contributed by atoms with van der Waals surface area (Å²) in [6, 6.07) is 7.97. The van der Waals surface area contributed by atoms with E-state index in [4.69, 9.17) is 0 Å². The smallest absolute Gasteiger partial charge is 0.220 e. The first-order valence-corrected chi connectivity index (χ1v) is 7.72. The quantitative estimate of drug-likeness (QED) is 0.755. The van der Waals surface area contributed by atoms with Crippen molar-refractivity contribution >= 4 is 16.9 Å². The Morgan fingerprint density at radius 2 is 2.29 bits per heavy atom. The van der Waals surface area contributed by atoms with Crippen molar-refractivity contribution in [2.24, 2.45) is 5.92 Å². The van der Waals surface area contributed by atoms with Crippen molar-refractivity contribution in [2.75, 3.05) is 19.6 Å². The highest BCUT2D eigenvalue weighted by molar-refractivity contribution is 5.76. The summed E-state index contributed by atoms with van der Waals surface area (Å²) in [6.45, 7) is 2.80. The number of rotatable bonds is 6. The number of nitrogens with one attached hydrogen (secondary N) is 3. The minimum atomic E-state index is 0.151. The topological polar surface area (TPSA) is 69.8 Å². The summed E-state index contributed by atoms with van der Waals surface area (Å²) in [5.41, 5.74) is 2.03. The number of nitrogens with zero attached hydrogens (tertiary/aromatic N) is 1. The number of carbonyl (C=O) groups excluding carboxylic acids is 1. The van der Waals surface area contributed by atoms with E-state index in [0.717, 1.165) is 42.8 Å². The maximum Gasteiger partial charge on any atom is 0.220 e. The Hall–Kier alpha value is -1.88. The molecule has 1 saturated heterocycles. The van der Waals surface area contributed by atoms with Crippen LogP contribution < -0.4 is 10.6 Å². The molecule has 5 nitrogen and oxygen atoms in total. The van der Waals surface area contributed by atoms with E-state index in [-0.39, 0.29) is 5.91 Å². The van der Waals surface area contributed by atoms with Gasteiger partial charge in [0, 0.05) is 19.4 Å². The molecule has 2 aromatic rings. The van der Waals surface area contributed by atoms with Crippen molar-refractivity contribution in [3.05, 3.63) is 30.1 Å². The molecule has 1 atom stereocenters. The first-order chi connectivity index (χ1) is 10.3. The van der Waals surface area contributed by atoms with Crippen LogP contribution in [0.3, 0.4) is 0 Å². The minimum absolute atomic E-state index is 0.151. The third-order valence-corrected chi connectivity index (χ3v) is 4.06. The van der Waals surface area contributed by atoms with Crippen LogP contribution in [0.2, 0.25) is 0 Å². The van der Waals surface area contributed by atoms with Crippen LogP contribution in [0.15, 0.2) is 24.3 Å². The largest absolute Gasteiger partial charge is 0.356 e. The SMILES string of the molecule is O=C(CCC1CCNC1)NCCc1nc2ccccc2[nH]1. The van der Waals surface area contributed by atoms with Crippen molar-refractivity contribution in [3.63, 3.8) is 0 Å². The van der Waals surface area contributed by atoms with Gasteiger partial charge in [0.15, 0.2) is 0 Å². The van der Waals surface area contributed by atoms with E-state index in [0.29, 0.717) is 18.9 Å². The van der Waals surface area contributed by atoms with Crippen LogP contribution >= 0.6 is 0 Å². The van der Waals surface area contributed by atoms with Crippen LogP contribution in [0, 0.1) is 5.92 Å². The number of aromatic nitrogens is 2. The number of para-hydroxylation sites is 2. The summed E-state index contributed by atoms with van der Waals surface area (Å²) in [5, 5.41) is 6.31. The number of carbonyl (C=O) groups is 1. The van der Waals surface area contributed by atoms with Gasteiger partial charge in [-0.05, 0) is 44.0 Å². The molecule has 0 radical (unpaired) electrons. The first-order valence-electron chi connectivity index (χ1n) is 7.72. The maximum atomic E-state index is 11.8. The van der Waals surface area contributed by atoms with Gasteiger partial charge >= 0.3 is 0 Å². The van der Waals surface area contributed by atoms with Crippen LogP contribution in [0.4, 0.5) is 0 Å². The third kappa shape index (κ3) is 3.82. The van der Waals surface area contributed by atoms with Gasteiger partial charge in [0.1, 0.15) is 5.82 Å². The van der Waals surface area contributed by atoms with Crippen molar-refractivity contribution < 1.29 is 4.79 Å². The molecule has 3 N–H and O–H groups in total. The molecule has 5 heteroatoms. The number of hydrogen-bond acceptors (Lipinski definition) is 3. The molecule has 0 saturated carbocycles. The molecule has 1 amide bonds. The Kier molecular flexibility index (Phi) is 4.50. The second kappa shape index (κ2) is 6.72. The molecule has 1 aliphatic heterocycles. The predicted molar refractivity (Wildman–Crippen MR) is 83.0 cm³/mol. The Morgan fingerprint density at radius 1 is 1.38 bits per heavy atom. The highest BCUT2D eigenvalue weighted by Gasteiger charge is 2.15. The molecule has 1 aromatic heterocycles. The van der Waals surface area contributed by atoms with Gasteiger partial charge in [0.2, 0.25) is 5.91 Å². The van der Waals surface area contributed by atoms with Gasteiger partial charge < -0.3 is 15.6 Å². The summed E-state index contributed by atoms with van der Waals surface area (Å²) in [7, 11) is 0. The molecule has 3 rings (SSSR count). The number of imidazole rings is 1. The molecule has 112 valence electrons. The number of fused-ring (bicyclic) bond motifs is 1. The fourth-order valence-electron chi connectivity index (χ4n) is 2.83. The molecule has 2 heterocycles. The van der Waals surface area contributed by atoms with Crippen molar-refractivity contribution in [1.82, 2.24) is 20.6 Å². The van der Waals surface area contributed by atoms with E-state index in [2.05, 4.69) is 20.6 Å². The molecule has 0 aliphatic carbocycles. The lowest BCUT2D eigenvalue weighted by Crippen LogP contribution is -2.26. The van der Waals surface area contributed by atoms with Gasteiger partial charge in [-0.15, -0.1) is 0 Å².